The Hall–Kier alpha value is -0.580. The molecule has 1 aliphatic rings. The molecule has 1 aromatic rings. The quantitative estimate of drug-likeness (QED) is 0.916. The van der Waals surface area contributed by atoms with Crippen LogP contribution in [0.1, 0.15) is 24.8 Å². The van der Waals surface area contributed by atoms with Crippen LogP contribution in [0.5, 0.6) is 0 Å². The molecule has 0 radical (unpaired) electrons. The monoisotopic (exact) mass is 273 g/mol. The van der Waals surface area contributed by atoms with Crippen molar-refractivity contribution >= 4 is 21.4 Å². The SMILES string of the molecule is CS(=O)(=O)c1cccc(Cl)c1CNC1CCC1. The van der Waals surface area contributed by atoms with Gasteiger partial charge in [-0.2, -0.15) is 0 Å². The van der Waals surface area contributed by atoms with E-state index < -0.39 is 9.84 Å². The van der Waals surface area contributed by atoms with E-state index in [2.05, 4.69) is 5.32 Å². The standard InChI is InChI=1S/C12H16ClNO2S/c1-17(15,16)12-7-3-6-11(13)10(12)8-14-9-4-2-5-9/h3,6-7,9,14H,2,4-5,8H2,1H3. The predicted octanol–water partition coefficient (Wildman–Crippen LogP) is 2.39. The summed E-state index contributed by atoms with van der Waals surface area (Å²) in [6.45, 7) is 0.521. The minimum Gasteiger partial charge on any atom is -0.310 e. The van der Waals surface area contributed by atoms with Crippen molar-refractivity contribution < 1.29 is 8.42 Å². The van der Waals surface area contributed by atoms with Crippen molar-refractivity contribution in [3.8, 4) is 0 Å². The summed E-state index contributed by atoms with van der Waals surface area (Å²) < 4.78 is 23.3. The van der Waals surface area contributed by atoms with Crippen LogP contribution in [0.2, 0.25) is 5.02 Å². The number of hydrogen-bond donors (Lipinski definition) is 1. The van der Waals surface area contributed by atoms with Crippen molar-refractivity contribution in [3.05, 3.63) is 28.8 Å². The molecule has 0 aromatic heterocycles. The van der Waals surface area contributed by atoms with E-state index >= 15 is 0 Å². The van der Waals surface area contributed by atoms with E-state index in [0.29, 0.717) is 28.1 Å². The Morgan fingerprint density at radius 1 is 1.41 bits per heavy atom. The molecule has 3 nitrogen and oxygen atoms in total. The summed E-state index contributed by atoms with van der Waals surface area (Å²) in [5, 5.41) is 3.85. The van der Waals surface area contributed by atoms with E-state index in [1.807, 2.05) is 0 Å². The van der Waals surface area contributed by atoms with Crippen molar-refractivity contribution in [2.75, 3.05) is 6.26 Å². The molecule has 1 aromatic carbocycles. The lowest BCUT2D eigenvalue weighted by molar-refractivity contribution is 0.337. The average molecular weight is 274 g/mol. The van der Waals surface area contributed by atoms with Crippen LogP contribution in [-0.2, 0) is 16.4 Å². The Morgan fingerprint density at radius 2 is 2.12 bits per heavy atom. The van der Waals surface area contributed by atoms with Gasteiger partial charge >= 0.3 is 0 Å². The minimum absolute atomic E-state index is 0.330. The second-order valence-corrected chi connectivity index (χ2v) is 6.89. The van der Waals surface area contributed by atoms with Crippen LogP contribution < -0.4 is 5.32 Å². The Labute approximate surface area is 107 Å². The molecule has 0 aliphatic heterocycles. The highest BCUT2D eigenvalue weighted by atomic mass is 35.5. The van der Waals surface area contributed by atoms with Gasteiger partial charge in [0.2, 0.25) is 0 Å². The van der Waals surface area contributed by atoms with Gasteiger partial charge in [-0.25, -0.2) is 8.42 Å². The number of benzene rings is 1. The smallest absolute Gasteiger partial charge is 0.175 e. The molecule has 1 saturated carbocycles. The zero-order valence-corrected chi connectivity index (χ0v) is 11.3. The van der Waals surface area contributed by atoms with E-state index in [0.717, 1.165) is 0 Å². The Morgan fingerprint density at radius 3 is 2.65 bits per heavy atom. The number of rotatable bonds is 4. The summed E-state index contributed by atoms with van der Waals surface area (Å²) in [5.74, 6) is 0. The van der Waals surface area contributed by atoms with Crippen LogP contribution in [0.3, 0.4) is 0 Å². The maximum absolute atomic E-state index is 11.6. The molecular weight excluding hydrogens is 258 g/mol. The molecular formula is C12H16ClNO2S. The maximum Gasteiger partial charge on any atom is 0.175 e. The number of halogens is 1. The van der Waals surface area contributed by atoms with Gasteiger partial charge < -0.3 is 5.32 Å². The fourth-order valence-electron chi connectivity index (χ4n) is 1.92. The Balaban J connectivity index is 2.23. The summed E-state index contributed by atoms with van der Waals surface area (Å²) in [6, 6.07) is 5.53. The van der Waals surface area contributed by atoms with Crippen LogP contribution in [0.25, 0.3) is 0 Å². The number of hydrogen-bond acceptors (Lipinski definition) is 3. The zero-order valence-electron chi connectivity index (χ0n) is 9.74. The molecule has 1 fully saturated rings. The molecule has 0 atom stereocenters. The van der Waals surface area contributed by atoms with Crippen LogP contribution >= 0.6 is 11.6 Å². The first kappa shape index (κ1) is 12.9. The summed E-state index contributed by atoms with van der Waals surface area (Å²) in [5.41, 5.74) is 0.684. The van der Waals surface area contributed by atoms with Gasteiger partial charge in [-0.15, -0.1) is 0 Å². The summed E-state index contributed by atoms with van der Waals surface area (Å²) >= 11 is 6.08. The molecule has 2 rings (SSSR count). The van der Waals surface area contributed by atoms with E-state index in [1.54, 1.807) is 18.2 Å². The van der Waals surface area contributed by atoms with Gasteiger partial charge in [0.25, 0.3) is 0 Å². The third-order valence-electron chi connectivity index (χ3n) is 3.15. The van der Waals surface area contributed by atoms with E-state index in [9.17, 15) is 8.42 Å². The topological polar surface area (TPSA) is 46.2 Å². The molecule has 0 heterocycles. The predicted molar refractivity (Wildman–Crippen MR) is 69.0 cm³/mol. The van der Waals surface area contributed by atoms with Gasteiger partial charge in [0.05, 0.1) is 4.90 Å². The Bertz CT molecular complexity index is 509. The Kier molecular flexibility index (Phi) is 3.76. The zero-order chi connectivity index (χ0) is 12.5. The lowest BCUT2D eigenvalue weighted by Gasteiger charge is -2.27. The fraction of sp³-hybridized carbons (Fsp3) is 0.500. The summed E-state index contributed by atoms with van der Waals surface area (Å²) in [6.07, 6.45) is 4.79. The lowest BCUT2D eigenvalue weighted by atomic mass is 9.93. The first-order chi connectivity index (χ1) is 7.98. The molecule has 0 spiro atoms. The number of nitrogens with one attached hydrogen (secondary N) is 1. The highest BCUT2D eigenvalue weighted by Crippen LogP contribution is 2.25. The molecule has 1 N–H and O–H groups in total. The van der Waals surface area contributed by atoms with Crippen molar-refractivity contribution in [3.63, 3.8) is 0 Å². The largest absolute Gasteiger partial charge is 0.310 e. The molecule has 0 amide bonds. The molecule has 94 valence electrons. The third kappa shape index (κ3) is 3.00. The molecule has 0 unspecified atom stereocenters. The molecule has 5 heteroatoms. The fourth-order valence-corrected chi connectivity index (χ4v) is 3.17. The van der Waals surface area contributed by atoms with Crippen molar-refractivity contribution in [2.24, 2.45) is 0 Å². The van der Waals surface area contributed by atoms with Crippen molar-refractivity contribution in [1.29, 1.82) is 0 Å². The number of sulfone groups is 1. The highest BCUT2D eigenvalue weighted by Gasteiger charge is 2.20. The molecule has 1 aliphatic carbocycles. The van der Waals surface area contributed by atoms with Gasteiger partial charge in [-0.1, -0.05) is 24.1 Å². The molecule has 0 bridgehead atoms. The average Bonchev–Trinajstić information content (AvgIpc) is 2.16. The van der Waals surface area contributed by atoms with E-state index in [-0.39, 0.29) is 0 Å². The van der Waals surface area contributed by atoms with Crippen LogP contribution in [0.4, 0.5) is 0 Å². The highest BCUT2D eigenvalue weighted by molar-refractivity contribution is 7.90. The van der Waals surface area contributed by atoms with Gasteiger partial charge in [0, 0.05) is 29.4 Å². The minimum atomic E-state index is -3.22. The van der Waals surface area contributed by atoms with E-state index in [4.69, 9.17) is 11.6 Å². The first-order valence-corrected chi connectivity index (χ1v) is 7.96. The lowest BCUT2D eigenvalue weighted by Crippen LogP contribution is -2.34. The molecule has 17 heavy (non-hydrogen) atoms. The van der Waals surface area contributed by atoms with Gasteiger partial charge in [0.15, 0.2) is 9.84 Å². The molecule has 0 saturated heterocycles. The van der Waals surface area contributed by atoms with Crippen molar-refractivity contribution in [1.82, 2.24) is 5.32 Å². The maximum atomic E-state index is 11.6. The van der Waals surface area contributed by atoms with Crippen LogP contribution in [-0.4, -0.2) is 20.7 Å². The van der Waals surface area contributed by atoms with Gasteiger partial charge in [0.1, 0.15) is 0 Å². The van der Waals surface area contributed by atoms with Crippen LogP contribution in [0.15, 0.2) is 23.1 Å². The normalized spacial score (nSPS) is 16.8. The van der Waals surface area contributed by atoms with Gasteiger partial charge in [-0.3, -0.25) is 0 Å². The third-order valence-corrected chi connectivity index (χ3v) is 4.68. The second-order valence-electron chi connectivity index (χ2n) is 4.50. The van der Waals surface area contributed by atoms with Crippen molar-refractivity contribution in [2.45, 2.75) is 36.7 Å². The first-order valence-electron chi connectivity index (χ1n) is 5.69. The van der Waals surface area contributed by atoms with Gasteiger partial charge in [-0.05, 0) is 25.0 Å². The van der Waals surface area contributed by atoms with Crippen LogP contribution in [0, 0.1) is 0 Å². The second kappa shape index (κ2) is 4.96. The summed E-state index contributed by atoms with van der Waals surface area (Å²) in [4.78, 5) is 0.330. The summed E-state index contributed by atoms with van der Waals surface area (Å²) in [7, 11) is -3.22. The van der Waals surface area contributed by atoms with E-state index in [1.165, 1.54) is 25.5 Å².